The maximum atomic E-state index is 4.92. The van der Waals surface area contributed by atoms with Crippen LogP contribution in [-0.4, -0.2) is 4.98 Å². The third-order valence-electron chi connectivity index (χ3n) is 4.88. The van der Waals surface area contributed by atoms with E-state index in [0.717, 1.165) is 16.8 Å². The van der Waals surface area contributed by atoms with Gasteiger partial charge in [-0.3, -0.25) is 0 Å². The molecular weight excluding hydrogens is 302 g/mol. The van der Waals surface area contributed by atoms with Crippen molar-refractivity contribution >= 4 is 23.1 Å². The first kappa shape index (κ1) is 14.2. The van der Waals surface area contributed by atoms with Crippen LogP contribution in [0.5, 0.6) is 0 Å². The van der Waals surface area contributed by atoms with Crippen LogP contribution >= 0.6 is 0 Å². The van der Waals surface area contributed by atoms with Crippen LogP contribution < -0.4 is 0 Å². The van der Waals surface area contributed by atoms with Crippen LogP contribution in [0.25, 0.3) is 45.4 Å². The van der Waals surface area contributed by atoms with E-state index in [4.69, 9.17) is 4.98 Å². The zero-order valence-corrected chi connectivity index (χ0v) is 14.0. The summed E-state index contributed by atoms with van der Waals surface area (Å²) < 4.78 is 0. The molecule has 0 radical (unpaired) electrons. The van der Waals surface area contributed by atoms with Crippen LogP contribution in [-0.2, 0) is 0 Å². The van der Waals surface area contributed by atoms with Gasteiger partial charge in [-0.15, -0.1) is 0 Å². The van der Waals surface area contributed by atoms with E-state index in [0.29, 0.717) is 0 Å². The molecule has 4 aromatic rings. The van der Waals surface area contributed by atoms with Crippen molar-refractivity contribution in [3.63, 3.8) is 0 Å². The van der Waals surface area contributed by atoms with Gasteiger partial charge in [-0.1, -0.05) is 72.3 Å². The van der Waals surface area contributed by atoms with Crippen LogP contribution in [0.4, 0.5) is 0 Å². The molecule has 1 aromatic heterocycles. The lowest BCUT2D eigenvalue weighted by Crippen LogP contribution is -1.89. The van der Waals surface area contributed by atoms with E-state index in [1.807, 2.05) is 0 Å². The molecule has 0 unspecified atom stereocenters. The average molecular weight is 319 g/mol. The Labute approximate surface area is 147 Å². The Kier molecular flexibility index (Phi) is 3.07. The summed E-state index contributed by atoms with van der Waals surface area (Å²) in [6, 6.07) is 25.8. The molecule has 0 amide bonds. The monoisotopic (exact) mass is 319 g/mol. The Balaban J connectivity index is 1.65. The van der Waals surface area contributed by atoms with Crippen molar-refractivity contribution in [2.45, 2.75) is 6.92 Å². The number of hydrogen-bond donors (Lipinski definition) is 0. The van der Waals surface area contributed by atoms with Crippen LogP contribution in [0.15, 0.2) is 72.8 Å². The SMILES string of the molecule is Cc1ccc(-c2cccc(-c3cc4c5c(cccc5n3)C=C4)c2)cc1. The molecular formula is C24H17N. The smallest absolute Gasteiger partial charge is 0.0721 e. The van der Waals surface area contributed by atoms with Crippen molar-refractivity contribution in [1.82, 2.24) is 4.98 Å². The van der Waals surface area contributed by atoms with Crippen LogP contribution in [0, 0.1) is 6.92 Å². The number of pyridine rings is 1. The van der Waals surface area contributed by atoms with Gasteiger partial charge in [0.25, 0.3) is 0 Å². The number of benzene rings is 3. The Hall–Kier alpha value is -3.19. The van der Waals surface area contributed by atoms with E-state index in [2.05, 4.69) is 91.9 Å². The lowest BCUT2D eigenvalue weighted by Gasteiger charge is -2.09. The maximum Gasteiger partial charge on any atom is 0.0721 e. The fourth-order valence-corrected chi connectivity index (χ4v) is 3.55. The third-order valence-corrected chi connectivity index (χ3v) is 4.88. The van der Waals surface area contributed by atoms with Crippen molar-refractivity contribution in [2.75, 3.05) is 0 Å². The minimum Gasteiger partial charge on any atom is -0.248 e. The van der Waals surface area contributed by atoms with Crippen LogP contribution in [0.2, 0.25) is 0 Å². The highest BCUT2D eigenvalue weighted by Gasteiger charge is 2.12. The predicted molar refractivity (Wildman–Crippen MR) is 106 cm³/mol. The molecule has 1 aliphatic carbocycles. The summed E-state index contributed by atoms with van der Waals surface area (Å²) in [5, 5.41) is 1.26. The molecule has 1 nitrogen and oxygen atoms in total. The van der Waals surface area contributed by atoms with E-state index in [-0.39, 0.29) is 0 Å². The van der Waals surface area contributed by atoms with Gasteiger partial charge in [0.05, 0.1) is 11.2 Å². The summed E-state index contributed by atoms with van der Waals surface area (Å²) >= 11 is 0. The predicted octanol–water partition coefficient (Wildman–Crippen LogP) is 6.36. The molecule has 0 fully saturated rings. The third kappa shape index (κ3) is 2.36. The number of aromatic nitrogens is 1. The van der Waals surface area contributed by atoms with Gasteiger partial charge in [0.1, 0.15) is 0 Å². The van der Waals surface area contributed by atoms with Gasteiger partial charge in [-0.2, -0.15) is 0 Å². The lowest BCUT2D eigenvalue weighted by atomic mass is 9.99. The molecule has 25 heavy (non-hydrogen) atoms. The Bertz CT molecular complexity index is 1130. The zero-order valence-electron chi connectivity index (χ0n) is 14.0. The molecule has 0 saturated carbocycles. The summed E-state index contributed by atoms with van der Waals surface area (Å²) in [6.07, 6.45) is 4.36. The number of hydrogen-bond acceptors (Lipinski definition) is 1. The van der Waals surface area contributed by atoms with Gasteiger partial charge in [0, 0.05) is 10.9 Å². The molecule has 3 aromatic carbocycles. The number of rotatable bonds is 2. The normalized spacial score (nSPS) is 12.0. The van der Waals surface area contributed by atoms with Gasteiger partial charge in [-0.05, 0) is 47.4 Å². The number of nitrogens with zero attached hydrogens (tertiary/aromatic N) is 1. The molecule has 1 heteroatoms. The second-order valence-electron chi connectivity index (χ2n) is 6.62. The minimum absolute atomic E-state index is 1.03. The molecule has 1 heterocycles. The summed E-state index contributed by atoms with van der Waals surface area (Å²) in [6.45, 7) is 2.12. The maximum absolute atomic E-state index is 4.92. The summed E-state index contributed by atoms with van der Waals surface area (Å²) in [7, 11) is 0. The van der Waals surface area contributed by atoms with Gasteiger partial charge < -0.3 is 0 Å². The fourth-order valence-electron chi connectivity index (χ4n) is 3.55. The van der Waals surface area contributed by atoms with Crippen molar-refractivity contribution in [1.29, 1.82) is 0 Å². The molecule has 0 aliphatic heterocycles. The molecule has 1 aliphatic rings. The largest absolute Gasteiger partial charge is 0.248 e. The first-order chi connectivity index (χ1) is 12.3. The van der Waals surface area contributed by atoms with E-state index >= 15 is 0 Å². The van der Waals surface area contributed by atoms with Gasteiger partial charge in [0.2, 0.25) is 0 Å². The van der Waals surface area contributed by atoms with Crippen LogP contribution in [0.1, 0.15) is 16.7 Å². The molecule has 118 valence electrons. The van der Waals surface area contributed by atoms with Crippen LogP contribution in [0.3, 0.4) is 0 Å². The van der Waals surface area contributed by atoms with E-state index in [9.17, 15) is 0 Å². The quantitative estimate of drug-likeness (QED) is 0.369. The first-order valence-corrected chi connectivity index (χ1v) is 8.57. The highest BCUT2D eigenvalue weighted by Crippen LogP contribution is 2.34. The fraction of sp³-hybridized carbons (Fsp3) is 0.0417. The van der Waals surface area contributed by atoms with Crippen molar-refractivity contribution in [3.05, 3.63) is 89.5 Å². The first-order valence-electron chi connectivity index (χ1n) is 8.57. The topological polar surface area (TPSA) is 12.9 Å². The molecule has 0 bridgehead atoms. The van der Waals surface area contributed by atoms with E-state index < -0.39 is 0 Å². The highest BCUT2D eigenvalue weighted by atomic mass is 14.7. The van der Waals surface area contributed by atoms with E-state index in [1.54, 1.807) is 0 Å². The summed E-state index contributed by atoms with van der Waals surface area (Å²) in [5.41, 5.74) is 9.51. The lowest BCUT2D eigenvalue weighted by molar-refractivity contribution is 1.39. The standard InChI is InChI=1S/C24H17N/c1-16-8-10-17(11-9-16)19-5-2-6-20(14-19)23-15-21-13-12-18-4-3-7-22(25-23)24(18)21/h2-15H,1H3. The van der Waals surface area contributed by atoms with Crippen molar-refractivity contribution < 1.29 is 0 Å². The molecule has 0 saturated heterocycles. The Morgan fingerprint density at radius 3 is 2.28 bits per heavy atom. The average Bonchev–Trinajstić information content (AvgIpc) is 3.07. The number of aryl methyl sites for hydroxylation is 1. The summed E-state index contributed by atoms with van der Waals surface area (Å²) in [4.78, 5) is 4.92. The molecule has 5 rings (SSSR count). The second-order valence-corrected chi connectivity index (χ2v) is 6.62. The van der Waals surface area contributed by atoms with E-state index in [1.165, 1.54) is 33.2 Å². The molecule has 0 N–H and O–H groups in total. The minimum atomic E-state index is 1.03. The van der Waals surface area contributed by atoms with Gasteiger partial charge in [-0.25, -0.2) is 4.98 Å². The molecule has 0 spiro atoms. The Morgan fingerprint density at radius 2 is 1.40 bits per heavy atom. The van der Waals surface area contributed by atoms with Crippen molar-refractivity contribution in [2.24, 2.45) is 0 Å². The van der Waals surface area contributed by atoms with Crippen molar-refractivity contribution in [3.8, 4) is 22.4 Å². The van der Waals surface area contributed by atoms with Gasteiger partial charge >= 0.3 is 0 Å². The Morgan fingerprint density at radius 1 is 0.640 bits per heavy atom. The molecule has 0 atom stereocenters. The zero-order chi connectivity index (χ0) is 16.8. The summed E-state index contributed by atoms with van der Waals surface area (Å²) in [5.74, 6) is 0. The second kappa shape index (κ2) is 5.42. The highest BCUT2D eigenvalue weighted by molar-refractivity contribution is 6.04. The van der Waals surface area contributed by atoms with Gasteiger partial charge in [0.15, 0.2) is 0 Å².